The first-order valence-electron chi connectivity index (χ1n) is 11.0. The first-order valence-corrected chi connectivity index (χ1v) is 11.4. The number of benzene rings is 1. The quantitative estimate of drug-likeness (QED) is 0.622. The Morgan fingerprint density at radius 2 is 1.83 bits per heavy atom. The van der Waals surface area contributed by atoms with Gasteiger partial charge in [-0.25, -0.2) is 0 Å². The van der Waals surface area contributed by atoms with Crippen molar-refractivity contribution in [3.05, 3.63) is 29.3 Å². The summed E-state index contributed by atoms with van der Waals surface area (Å²) < 4.78 is 11.5. The molecule has 0 aromatic heterocycles. The third kappa shape index (κ3) is 6.35. The minimum absolute atomic E-state index is 0.126. The lowest BCUT2D eigenvalue weighted by atomic mass is 9.77. The third-order valence-corrected chi connectivity index (χ3v) is 6.26. The maximum Gasteiger partial charge on any atom is 0.223 e. The van der Waals surface area contributed by atoms with E-state index < -0.39 is 0 Å². The lowest BCUT2D eigenvalue weighted by Gasteiger charge is -2.43. The molecule has 0 N–H and O–H groups in total. The van der Waals surface area contributed by atoms with Gasteiger partial charge < -0.3 is 19.3 Å². The van der Waals surface area contributed by atoms with Crippen molar-refractivity contribution in [1.82, 2.24) is 9.80 Å². The van der Waals surface area contributed by atoms with Gasteiger partial charge in [0, 0.05) is 49.5 Å². The summed E-state index contributed by atoms with van der Waals surface area (Å²) in [5.74, 6) is 1.04. The molecule has 0 spiro atoms. The highest BCUT2D eigenvalue weighted by Gasteiger charge is 2.40. The van der Waals surface area contributed by atoms with Crippen molar-refractivity contribution in [1.29, 1.82) is 0 Å². The molecule has 2 aliphatic rings. The van der Waals surface area contributed by atoms with Gasteiger partial charge in [-0.15, -0.1) is 0 Å². The van der Waals surface area contributed by atoms with Gasteiger partial charge in [0.05, 0.1) is 19.8 Å². The number of hydrogen-bond donors (Lipinski definition) is 0. The van der Waals surface area contributed by atoms with Crippen LogP contribution in [0.5, 0.6) is 5.75 Å². The van der Waals surface area contributed by atoms with Crippen LogP contribution in [0, 0.1) is 5.41 Å². The highest BCUT2D eigenvalue weighted by atomic mass is 35.5. The lowest BCUT2D eigenvalue weighted by Crippen LogP contribution is -2.52. The third-order valence-electron chi connectivity index (χ3n) is 6.01. The summed E-state index contributed by atoms with van der Waals surface area (Å²) in [6.07, 6.45) is 4.61. The topological polar surface area (TPSA) is 59.1 Å². The number of carbonyl (C=O) groups excluding carboxylic acids is 2. The van der Waals surface area contributed by atoms with Crippen LogP contribution in [-0.4, -0.2) is 67.6 Å². The summed E-state index contributed by atoms with van der Waals surface area (Å²) in [7, 11) is 0. The Bertz CT molecular complexity index is 706. The fraction of sp³-hybridized carbons (Fsp3) is 0.652. The van der Waals surface area contributed by atoms with Gasteiger partial charge in [-0.05, 0) is 43.5 Å². The molecule has 0 saturated carbocycles. The zero-order valence-corrected chi connectivity index (χ0v) is 18.7. The second kappa shape index (κ2) is 11.0. The van der Waals surface area contributed by atoms with Crippen molar-refractivity contribution in [3.8, 4) is 5.75 Å². The van der Waals surface area contributed by atoms with E-state index in [-0.39, 0.29) is 17.2 Å². The van der Waals surface area contributed by atoms with E-state index >= 15 is 0 Å². The predicted octanol–water partition coefficient (Wildman–Crippen LogP) is 3.77. The van der Waals surface area contributed by atoms with Crippen molar-refractivity contribution in [3.63, 3.8) is 0 Å². The molecule has 1 aromatic carbocycles. The molecule has 2 amide bonds. The Kier molecular flexibility index (Phi) is 8.40. The molecule has 0 aliphatic carbocycles. The first-order chi connectivity index (χ1) is 14.5. The summed E-state index contributed by atoms with van der Waals surface area (Å²) in [6.45, 7) is 6.26. The van der Waals surface area contributed by atoms with E-state index in [0.717, 1.165) is 38.0 Å². The molecule has 1 atom stereocenters. The number of morpholine rings is 1. The highest BCUT2D eigenvalue weighted by Crippen LogP contribution is 2.36. The normalized spacial score (nSPS) is 22.1. The molecule has 2 aliphatic heterocycles. The molecule has 2 saturated heterocycles. The Balaban J connectivity index is 1.71. The van der Waals surface area contributed by atoms with E-state index in [2.05, 4.69) is 6.92 Å². The number of carbonyl (C=O) groups is 2. The zero-order chi connectivity index (χ0) is 21.4. The number of likely N-dealkylation sites (tertiary alicyclic amines) is 1. The summed E-state index contributed by atoms with van der Waals surface area (Å²) in [5, 5.41) is 0.657. The van der Waals surface area contributed by atoms with E-state index in [0.29, 0.717) is 57.3 Å². The second-order valence-electron chi connectivity index (χ2n) is 8.43. The number of unbranched alkanes of at least 4 members (excludes halogenated alkanes) is 1. The molecule has 30 heavy (non-hydrogen) atoms. The number of nitrogens with zero attached hydrogens (tertiary/aromatic N) is 2. The van der Waals surface area contributed by atoms with Crippen LogP contribution in [0.4, 0.5) is 0 Å². The number of halogens is 1. The fourth-order valence-electron chi connectivity index (χ4n) is 4.23. The van der Waals surface area contributed by atoms with Crippen LogP contribution < -0.4 is 4.74 Å². The molecule has 0 bridgehead atoms. The van der Waals surface area contributed by atoms with Crippen molar-refractivity contribution in [2.75, 3.05) is 46.0 Å². The molecular formula is C23H33ClN2O4. The van der Waals surface area contributed by atoms with Crippen LogP contribution in [0.2, 0.25) is 5.02 Å². The average molecular weight is 437 g/mol. The van der Waals surface area contributed by atoms with Gasteiger partial charge in [0.1, 0.15) is 5.75 Å². The van der Waals surface area contributed by atoms with Crippen LogP contribution in [-0.2, 0) is 14.3 Å². The first kappa shape index (κ1) is 22.9. The van der Waals surface area contributed by atoms with Gasteiger partial charge in [-0.3, -0.25) is 9.59 Å². The standard InChI is InChI=1S/C23H33ClN2O4/c1-2-3-5-21(27)26-11-4-10-23(17-26,16-22(28)25-12-14-29-15-13-25)18-30-20-8-6-19(24)7-9-20/h6-9H,2-5,10-18H2,1H3/t23-/m0/s1. The molecule has 166 valence electrons. The van der Waals surface area contributed by atoms with E-state index in [1.807, 2.05) is 21.9 Å². The number of ether oxygens (including phenoxy) is 2. The molecule has 2 heterocycles. The van der Waals surface area contributed by atoms with E-state index in [1.54, 1.807) is 12.1 Å². The summed E-state index contributed by atoms with van der Waals surface area (Å²) in [4.78, 5) is 29.6. The monoisotopic (exact) mass is 436 g/mol. The van der Waals surface area contributed by atoms with Crippen molar-refractivity contribution < 1.29 is 19.1 Å². The lowest BCUT2D eigenvalue weighted by molar-refractivity contribution is -0.143. The van der Waals surface area contributed by atoms with Crippen molar-refractivity contribution in [2.24, 2.45) is 5.41 Å². The van der Waals surface area contributed by atoms with Crippen molar-refractivity contribution >= 4 is 23.4 Å². The molecular weight excluding hydrogens is 404 g/mol. The van der Waals surface area contributed by atoms with Crippen LogP contribution >= 0.6 is 11.6 Å². The van der Waals surface area contributed by atoms with Gasteiger partial charge in [0.15, 0.2) is 0 Å². The highest BCUT2D eigenvalue weighted by molar-refractivity contribution is 6.30. The van der Waals surface area contributed by atoms with Crippen LogP contribution in [0.3, 0.4) is 0 Å². The molecule has 2 fully saturated rings. The largest absolute Gasteiger partial charge is 0.493 e. The summed E-state index contributed by atoms with van der Waals surface area (Å²) >= 11 is 5.98. The molecule has 0 radical (unpaired) electrons. The maximum absolute atomic E-state index is 13.1. The Morgan fingerprint density at radius 1 is 1.10 bits per heavy atom. The van der Waals surface area contributed by atoms with Gasteiger partial charge >= 0.3 is 0 Å². The number of hydrogen-bond acceptors (Lipinski definition) is 4. The SMILES string of the molecule is CCCCC(=O)N1CCC[C@](COc2ccc(Cl)cc2)(CC(=O)N2CCOCC2)C1. The van der Waals surface area contributed by atoms with Gasteiger partial charge in [0.25, 0.3) is 0 Å². The Hall–Kier alpha value is -1.79. The minimum atomic E-state index is -0.380. The van der Waals surface area contributed by atoms with Crippen LogP contribution in [0.1, 0.15) is 45.4 Å². The van der Waals surface area contributed by atoms with E-state index in [9.17, 15) is 9.59 Å². The maximum atomic E-state index is 13.1. The zero-order valence-electron chi connectivity index (χ0n) is 17.9. The fourth-order valence-corrected chi connectivity index (χ4v) is 4.36. The Morgan fingerprint density at radius 3 is 2.53 bits per heavy atom. The van der Waals surface area contributed by atoms with E-state index in [1.165, 1.54) is 0 Å². The van der Waals surface area contributed by atoms with Gasteiger partial charge in [0.2, 0.25) is 11.8 Å². The minimum Gasteiger partial charge on any atom is -0.493 e. The molecule has 0 unspecified atom stereocenters. The van der Waals surface area contributed by atoms with Crippen molar-refractivity contribution in [2.45, 2.75) is 45.4 Å². The van der Waals surface area contributed by atoms with Crippen LogP contribution in [0.25, 0.3) is 0 Å². The molecule has 1 aromatic rings. The van der Waals surface area contributed by atoms with E-state index in [4.69, 9.17) is 21.1 Å². The second-order valence-corrected chi connectivity index (χ2v) is 8.87. The molecule has 7 heteroatoms. The molecule has 3 rings (SSSR count). The average Bonchev–Trinajstić information content (AvgIpc) is 2.78. The van der Waals surface area contributed by atoms with Gasteiger partial charge in [-0.1, -0.05) is 24.9 Å². The number of amides is 2. The smallest absolute Gasteiger partial charge is 0.223 e. The van der Waals surface area contributed by atoms with Gasteiger partial charge in [-0.2, -0.15) is 0 Å². The number of rotatable bonds is 8. The van der Waals surface area contributed by atoms with Crippen LogP contribution in [0.15, 0.2) is 24.3 Å². The summed E-state index contributed by atoms with van der Waals surface area (Å²) in [5.41, 5.74) is -0.380. The predicted molar refractivity (Wildman–Crippen MR) is 117 cm³/mol. The summed E-state index contributed by atoms with van der Waals surface area (Å²) in [6, 6.07) is 7.27. The Labute approximate surface area is 184 Å². The molecule has 6 nitrogen and oxygen atoms in total. The number of piperidine rings is 1.